The molecular formula is C13H17BrN4O2S. The van der Waals surface area contributed by atoms with E-state index in [-0.39, 0.29) is 18.0 Å². The van der Waals surface area contributed by atoms with E-state index in [1.807, 2.05) is 20.0 Å². The Labute approximate surface area is 132 Å². The second kappa shape index (κ2) is 6.27. The number of sulfonamides is 1. The normalized spacial score (nSPS) is 11.8. The van der Waals surface area contributed by atoms with Gasteiger partial charge in [0.15, 0.2) is 0 Å². The maximum absolute atomic E-state index is 12.5. The fourth-order valence-electron chi connectivity index (χ4n) is 1.93. The van der Waals surface area contributed by atoms with Crippen molar-refractivity contribution in [3.63, 3.8) is 0 Å². The molecule has 0 radical (unpaired) electrons. The van der Waals surface area contributed by atoms with Crippen LogP contribution in [0, 0.1) is 6.92 Å². The van der Waals surface area contributed by atoms with Crippen LogP contribution >= 0.6 is 15.9 Å². The van der Waals surface area contributed by atoms with Crippen LogP contribution in [0.4, 0.5) is 0 Å². The van der Waals surface area contributed by atoms with Gasteiger partial charge in [0.2, 0.25) is 10.0 Å². The van der Waals surface area contributed by atoms with Crippen molar-refractivity contribution in [2.75, 3.05) is 0 Å². The smallest absolute Gasteiger partial charge is 0.242 e. The Hall–Kier alpha value is -1.22. The maximum atomic E-state index is 12.5. The van der Waals surface area contributed by atoms with Gasteiger partial charge in [0.1, 0.15) is 5.82 Å². The van der Waals surface area contributed by atoms with Gasteiger partial charge >= 0.3 is 0 Å². The summed E-state index contributed by atoms with van der Waals surface area (Å²) in [5.41, 5.74) is 7.21. The van der Waals surface area contributed by atoms with Gasteiger partial charge in [-0.25, -0.2) is 18.1 Å². The molecule has 1 aromatic carbocycles. The highest BCUT2D eigenvalue weighted by Crippen LogP contribution is 2.27. The number of aryl methyl sites for hydroxylation is 2. The lowest BCUT2D eigenvalue weighted by atomic mass is 10.1. The first-order valence-electron chi connectivity index (χ1n) is 6.30. The number of imidazole rings is 1. The van der Waals surface area contributed by atoms with E-state index in [2.05, 4.69) is 25.6 Å². The predicted octanol–water partition coefficient (Wildman–Crippen LogP) is 1.43. The molecule has 114 valence electrons. The zero-order valence-electron chi connectivity index (χ0n) is 11.8. The number of hydrogen-bond acceptors (Lipinski definition) is 4. The second-order valence-electron chi connectivity index (χ2n) is 4.71. The molecule has 8 heteroatoms. The molecular weight excluding hydrogens is 356 g/mol. The standard InChI is InChI=1S/C13H17BrN4O2S/c1-9-5-10(7-15)6-11(13(9)14)21(19,20)17-8-12-16-3-4-18(12)2/h3-6,17H,7-8,15H2,1-2H3. The van der Waals surface area contributed by atoms with Crippen LogP contribution in [-0.2, 0) is 30.2 Å². The maximum Gasteiger partial charge on any atom is 0.242 e. The Balaban J connectivity index is 2.31. The highest BCUT2D eigenvalue weighted by molar-refractivity contribution is 9.10. The van der Waals surface area contributed by atoms with Gasteiger partial charge in [0, 0.05) is 30.5 Å². The minimum absolute atomic E-state index is 0.129. The molecule has 0 aliphatic carbocycles. The van der Waals surface area contributed by atoms with Gasteiger partial charge in [-0.1, -0.05) is 6.07 Å². The highest BCUT2D eigenvalue weighted by Gasteiger charge is 2.20. The molecule has 3 N–H and O–H groups in total. The number of benzene rings is 1. The first-order valence-corrected chi connectivity index (χ1v) is 8.57. The van der Waals surface area contributed by atoms with Crippen LogP contribution in [0.25, 0.3) is 0 Å². The summed E-state index contributed by atoms with van der Waals surface area (Å²) in [6.07, 6.45) is 3.39. The molecule has 0 aliphatic heterocycles. The van der Waals surface area contributed by atoms with Crippen molar-refractivity contribution < 1.29 is 8.42 Å². The Morgan fingerprint density at radius 3 is 2.71 bits per heavy atom. The molecule has 21 heavy (non-hydrogen) atoms. The van der Waals surface area contributed by atoms with E-state index in [1.54, 1.807) is 23.0 Å². The van der Waals surface area contributed by atoms with Gasteiger partial charge < -0.3 is 10.3 Å². The highest BCUT2D eigenvalue weighted by atomic mass is 79.9. The average molecular weight is 373 g/mol. The van der Waals surface area contributed by atoms with Crippen LogP contribution in [0.15, 0.2) is 33.9 Å². The predicted molar refractivity (Wildman–Crippen MR) is 84.0 cm³/mol. The summed E-state index contributed by atoms with van der Waals surface area (Å²) in [4.78, 5) is 4.28. The van der Waals surface area contributed by atoms with Gasteiger partial charge in [-0.3, -0.25) is 0 Å². The molecule has 0 unspecified atom stereocenters. The molecule has 0 atom stereocenters. The molecule has 0 saturated heterocycles. The number of nitrogens with one attached hydrogen (secondary N) is 1. The molecule has 6 nitrogen and oxygen atoms in total. The van der Waals surface area contributed by atoms with E-state index in [9.17, 15) is 8.42 Å². The quantitative estimate of drug-likeness (QED) is 0.830. The zero-order valence-corrected chi connectivity index (χ0v) is 14.2. The van der Waals surface area contributed by atoms with Crippen molar-refractivity contribution in [3.8, 4) is 0 Å². The third kappa shape index (κ3) is 3.52. The molecule has 0 saturated carbocycles. The van der Waals surface area contributed by atoms with Crippen LogP contribution in [-0.4, -0.2) is 18.0 Å². The minimum Gasteiger partial charge on any atom is -0.337 e. The van der Waals surface area contributed by atoms with E-state index in [0.29, 0.717) is 10.3 Å². The van der Waals surface area contributed by atoms with Crippen molar-refractivity contribution in [2.24, 2.45) is 12.8 Å². The molecule has 0 amide bonds. The van der Waals surface area contributed by atoms with E-state index in [4.69, 9.17) is 5.73 Å². The fourth-order valence-corrected chi connectivity index (χ4v) is 3.97. The molecule has 0 spiro atoms. The van der Waals surface area contributed by atoms with Gasteiger partial charge in [-0.15, -0.1) is 0 Å². The number of nitrogens with zero attached hydrogens (tertiary/aromatic N) is 2. The fraction of sp³-hybridized carbons (Fsp3) is 0.308. The van der Waals surface area contributed by atoms with Crippen LogP contribution in [0.2, 0.25) is 0 Å². The summed E-state index contributed by atoms with van der Waals surface area (Å²) in [7, 11) is -1.83. The third-order valence-corrected chi connectivity index (χ3v) is 5.89. The average Bonchev–Trinajstić information content (AvgIpc) is 2.84. The van der Waals surface area contributed by atoms with Crippen molar-refractivity contribution >= 4 is 26.0 Å². The Morgan fingerprint density at radius 1 is 1.43 bits per heavy atom. The van der Waals surface area contributed by atoms with Crippen LogP contribution in [0.5, 0.6) is 0 Å². The lowest BCUT2D eigenvalue weighted by molar-refractivity contribution is 0.577. The van der Waals surface area contributed by atoms with Crippen LogP contribution in [0.3, 0.4) is 0 Å². The summed E-state index contributed by atoms with van der Waals surface area (Å²) >= 11 is 3.33. The van der Waals surface area contributed by atoms with E-state index in [1.165, 1.54) is 0 Å². The number of aromatic nitrogens is 2. The van der Waals surface area contributed by atoms with Gasteiger partial charge in [0.05, 0.1) is 11.4 Å². The topological polar surface area (TPSA) is 90.0 Å². The SMILES string of the molecule is Cc1cc(CN)cc(S(=O)(=O)NCc2nccn2C)c1Br. The van der Waals surface area contributed by atoms with Crippen LogP contribution < -0.4 is 10.5 Å². The first-order chi connectivity index (χ1) is 9.85. The van der Waals surface area contributed by atoms with Gasteiger partial charge in [0.25, 0.3) is 0 Å². The lowest BCUT2D eigenvalue weighted by Crippen LogP contribution is -2.25. The zero-order chi connectivity index (χ0) is 15.6. The third-order valence-electron chi connectivity index (χ3n) is 3.15. The van der Waals surface area contributed by atoms with E-state index in [0.717, 1.165) is 11.1 Å². The summed E-state index contributed by atoms with van der Waals surface area (Å²) in [5.74, 6) is 0.640. The minimum atomic E-state index is -3.64. The Bertz CT molecular complexity index is 756. The Kier molecular flexibility index (Phi) is 4.82. The molecule has 2 aromatic rings. The number of rotatable bonds is 5. The summed E-state index contributed by atoms with van der Waals surface area (Å²) in [6, 6.07) is 3.44. The summed E-state index contributed by atoms with van der Waals surface area (Å²) in [6.45, 7) is 2.25. The van der Waals surface area contributed by atoms with E-state index < -0.39 is 10.0 Å². The number of hydrogen-bond donors (Lipinski definition) is 2. The molecule has 1 heterocycles. The monoisotopic (exact) mass is 372 g/mol. The molecule has 1 aromatic heterocycles. The van der Waals surface area contributed by atoms with Crippen molar-refractivity contribution in [3.05, 3.63) is 46.0 Å². The molecule has 0 fully saturated rings. The largest absolute Gasteiger partial charge is 0.337 e. The van der Waals surface area contributed by atoms with Gasteiger partial charge in [-0.05, 0) is 40.0 Å². The first kappa shape index (κ1) is 16.2. The van der Waals surface area contributed by atoms with Crippen molar-refractivity contribution in [1.29, 1.82) is 0 Å². The Morgan fingerprint density at radius 2 is 2.14 bits per heavy atom. The van der Waals surface area contributed by atoms with Crippen LogP contribution in [0.1, 0.15) is 17.0 Å². The second-order valence-corrected chi connectivity index (χ2v) is 7.24. The van der Waals surface area contributed by atoms with Gasteiger partial charge in [-0.2, -0.15) is 0 Å². The van der Waals surface area contributed by atoms with Crippen molar-refractivity contribution in [2.45, 2.75) is 24.9 Å². The number of nitrogens with two attached hydrogens (primary N) is 1. The summed E-state index contributed by atoms with van der Waals surface area (Å²) < 4.78 is 29.8. The lowest BCUT2D eigenvalue weighted by Gasteiger charge is -2.12. The summed E-state index contributed by atoms with van der Waals surface area (Å²) in [5, 5.41) is 0. The molecule has 2 rings (SSSR count). The number of halogens is 1. The van der Waals surface area contributed by atoms with E-state index >= 15 is 0 Å². The molecule has 0 bridgehead atoms. The molecule has 0 aliphatic rings. The van der Waals surface area contributed by atoms with Crippen molar-refractivity contribution in [1.82, 2.24) is 14.3 Å².